The molecule has 0 aliphatic rings. The summed E-state index contributed by atoms with van der Waals surface area (Å²) in [7, 11) is 1.73. The smallest absolute Gasteiger partial charge is 0.180 e. The van der Waals surface area contributed by atoms with E-state index in [1.807, 2.05) is 6.92 Å². The van der Waals surface area contributed by atoms with Gasteiger partial charge in [-0.1, -0.05) is 24.3 Å². The highest BCUT2D eigenvalue weighted by atomic mass is 32.1. The number of rotatable bonds is 5. The number of hydrogen-bond acceptors (Lipinski definition) is 4. The number of aromatic nitrogens is 1. The predicted molar refractivity (Wildman–Crippen MR) is 76.1 cm³/mol. The Kier molecular flexibility index (Phi) is 4.33. The molecule has 0 amide bonds. The van der Waals surface area contributed by atoms with Crippen LogP contribution in [0.25, 0.3) is 0 Å². The fourth-order valence-electron chi connectivity index (χ4n) is 1.97. The second kappa shape index (κ2) is 5.98. The van der Waals surface area contributed by atoms with Gasteiger partial charge >= 0.3 is 0 Å². The lowest BCUT2D eigenvalue weighted by Gasteiger charge is -2.08. The molecule has 0 radical (unpaired) electrons. The van der Waals surface area contributed by atoms with E-state index in [0.717, 1.165) is 25.1 Å². The van der Waals surface area contributed by atoms with E-state index in [0.29, 0.717) is 5.13 Å². The Morgan fingerprint density at radius 1 is 1.28 bits per heavy atom. The summed E-state index contributed by atoms with van der Waals surface area (Å²) in [5.41, 5.74) is 9.45. The van der Waals surface area contributed by atoms with Crippen LogP contribution in [0.4, 0.5) is 5.13 Å². The molecule has 18 heavy (non-hydrogen) atoms. The molecule has 0 bridgehead atoms. The first-order chi connectivity index (χ1) is 8.70. The van der Waals surface area contributed by atoms with Gasteiger partial charge in [0.1, 0.15) is 0 Å². The van der Waals surface area contributed by atoms with Crippen molar-refractivity contribution < 1.29 is 4.74 Å². The third-order valence-electron chi connectivity index (χ3n) is 2.95. The molecule has 4 heteroatoms. The monoisotopic (exact) mass is 262 g/mol. The number of nitrogen functional groups attached to an aromatic ring is 1. The van der Waals surface area contributed by atoms with Crippen molar-refractivity contribution in [1.29, 1.82) is 0 Å². The van der Waals surface area contributed by atoms with E-state index in [1.165, 1.54) is 16.0 Å². The van der Waals surface area contributed by atoms with E-state index in [9.17, 15) is 0 Å². The fourth-order valence-corrected chi connectivity index (χ4v) is 2.83. The molecule has 1 aromatic carbocycles. The summed E-state index contributed by atoms with van der Waals surface area (Å²) in [6.07, 6.45) is 1.85. The van der Waals surface area contributed by atoms with Gasteiger partial charge in [-0.2, -0.15) is 0 Å². The Morgan fingerprint density at radius 3 is 2.61 bits per heavy atom. The van der Waals surface area contributed by atoms with Crippen molar-refractivity contribution in [3.8, 4) is 0 Å². The second-order valence-electron chi connectivity index (χ2n) is 4.25. The van der Waals surface area contributed by atoms with Crippen LogP contribution in [-0.4, -0.2) is 18.7 Å². The Bertz CT molecular complexity index is 522. The zero-order valence-corrected chi connectivity index (χ0v) is 11.6. The molecule has 0 aliphatic heterocycles. The van der Waals surface area contributed by atoms with Crippen LogP contribution in [-0.2, 0) is 17.6 Å². The van der Waals surface area contributed by atoms with Gasteiger partial charge in [0, 0.05) is 18.4 Å². The van der Waals surface area contributed by atoms with Crippen LogP contribution in [0, 0.1) is 6.92 Å². The van der Waals surface area contributed by atoms with Gasteiger partial charge in [0.2, 0.25) is 0 Å². The van der Waals surface area contributed by atoms with Crippen molar-refractivity contribution in [2.24, 2.45) is 0 Å². The van der Waals surface area contributed by atoms with Gasteiger partial charge in [-0.05, 0) is 24.5 Å². The summed E-state index contributed by atoms with van der Waals surface area (Å²) in [5, 5.41) is 0.650. The minimum Gasteiger partial charge on any atom is -0.384 e. The molecular formula is C14H18N2OS. The lowest BCUT2D eigenvalue weighted by Crippen LogP contribution is -2.00. The van der Waals surface area contributed by atoms with Crippen molar-refractivity contribution in [3.63, 3.8) is 0 Å². The lowest BCUT2D eigenvalue weighted by atomic mass is 10.0. The van der Waals surface area contributed by atoms with Crippen molar-refractivity contribution in [2.45, 2.75) is 19.8 Å². The Hall–Kier alpha value is -1.39. The van der Waals surface area contributed by atoms with Crippen LogP contribution >= 0.6 is 11.3 Å². The number of hydrogen-bond donors (Lipinski definition) is 1. The number of thiazole rings is 1. The molecular weight excluding hydrogens is 244 g/mol. The topological polar surface area (TPSA) is 48.1 Å². The maximum absolute atomic E-state index is 5.74. The van der Waals surface area contributed by atoms with Crippen molar-refractivity contribution in [2.75, 3.05) is 19.5 Å². The van der Waals surface area contributed by atoms with E-state index in [2.05, 4.69) is 29.2 Å². The highest BCUT2D eigenvalue weighted by Crippen LogP contribution is 2.24. The largest absolute Gasteiger partial charge is 0.384 e. The van der Waals surface area contributed by atoms with Crippen LogP contribution in [0.15, 0.2) is 24.3 Å². The number of aryl methyl sites for hydroxylation is 1. The van der Waals surface area contributed by atoms with Crippen molar-refractivity contribution in [3.05, 3.63) is 46.0 Å². The van der Waals surface area contributed by atoms with Crippen LogP contribution in [0.5, 0.6) is 0 Å². The normalized spacial score (nSPS) is 10.8. The molecule has 2 aromatic rings. The van der Waals surface area contributed by atoms with Crippen LogP contribution < -0.4 is 5.73 Å². The van der Waals surface area contributed by atoms with Gasteiger partial charge in [0.15, 0.2) is 5.13 Å². The Labute approximate surface area is 112 Å². The third-order valence-corrected chi connectivity index (χ3v) is 3.94. The van der Waals surface area contributed by atoms with Gasteiger partial charge in [0.05, 0.1) is 12.3 Å². The Morgan fingerprint density at radius 2 is 2.00 bits per heavy atom. The molecule has 0 unspecified atom stereocenters. The first-order valence-electron chi connectivity index (χ1n) is 5.98. The molecule has 0 fully saturated rings. The fraction of sp³-hybridized carbons (Fsp3) is 0.357. The zero-order valence-electron chi connectivity index (χ0n) is 10.8. The summed E-state index contributed by atoms with van der Waals surface area (Å²) in [4.78, 5) is 5.52. The average Bonchev–Trinajstić information content (AvgIpc) is 2.67. The highest BCUT2D eigenvalue weighted by Gasteiger charge is 2.09. The summed E-state index contributed by atoms with van der Waals surface area (Å²) < 4.78 is 5.15. The van der Waals surface area contributed by atoms with E-state index >= 15 is 0 Å². The van der Waals surface area contributed by atoms with Gasteiger partial charge in [-0.3, -0.25) is 0 Å². The number of benzene rings is 1. The maximum Gasteiger partial charge on any atom is 0.180 e. The number of nitrogens with zero attached hydrogens (tertiary/aromatic N) is 1. The minimum atomic E-state index is 0.650. The summed E-state index contributed by atoms with van der Waals surface area (Å²) >= 11 is 1.58. The van der Waals surface area contributed by atoms with Gasteiger partial charge in [-0.25, -0.2) is 4.98 Å². The minimum absolute atomic E-state index is 0.650. The first-order valence-corrected chi connectivity index (χ1v) is 6.80. The molecule has 0 saturated carbocycles. The summed E-state index contributed by atoms with van der Waals surface area (Å²) in [6, 6.07) is 8.47. The molecule has 3 nitrogen and oxygen atoms in total. The van der Waals surface area contributed by atoms with E-state index in [1.54, 1.807) is 18.4 Å². The molecule has 0 atom stereocenters. The SMILES string of the molecule is COCCc1ccccc1Cc1sc(N)nc1C. The van der Waals surface area contributed by atoms with Crippen LogP contribution in [0.2, 0.25) is 0 Å². The number of methoxy groups -OCH3 is 1. The number of ether oxygens (including phenoxy) is 1. The molecule has 0 aliphatic carbocycles. The zero-order chi connectivity index (χ0) is 13.0. The molecule has 1 aromatic heterocycles. The molecule has 0 saturated heterocycles. The average molecular weight is 262 g/mol. The molecule has 2 rings (SSSR count). The summed E-state index contributed by atoms with van der Waals surface area (Å²) in [5.74, 6) is 0. The quantitative estimate of drug-likeness (QED) is 0.901. The van der Waals surface area contributed by atoms with E-state index in [4.69, 9.17) is 10.5 Å². The van der Waals surface area contributed by atoms with E-state index in [-0.39, 0.29) is 0 Å². The standard InChI is InChI=1S/C14H18N2OS/c1-10-13(18-14(15)16-10)9-12-6-4-3-5-11(12)7-8-17-2/h3-6H,7-9H2,1-2H3,(H2,15,16). The third kappa shape index (κ3) is 3.09. The van der Waals surface area contributed by atoms with Crippen LogP contribution in [0.1, 0.15) is 21.7 Å². The predicted octanol–water partition coefficient (Wildman–Crippen LogP) is 2.81. The molecule has 1 heterocycles. The molecule has 2 N–H and O–H groups in total. The molecule has 96 valence electrons. The van der Waals surface area contributed by atoms with Crippen molar-refractivity contribution in [1.82, 2.24) is 4.98 Å². The molecule has 0 spiro atoms. The van der Waals surface area contributed by atoms with Gasteiger partial charge in [0.25, 0.3) is 0 Å². The highest BCUT2D eigenvalue weighted by molar-refractivity contribution is 7.15. The van der Waals surface area contributed by atoms with Crippen molar-refractivity contribution >= 4 is 16.5 Å². The summed E-state index contributed by atoms with van der Waals surface area (Å²) in [6.45, 7) is 2.76. The number of nitrogens with two attached hydrogens (primary N) is 1. The first kappa shape index (κ1) is 13.1. The second-order valence-corrected chi connectivity index (χ2v) is 5.36. The van der Waals surface area contributed by atoms with Gasteiger partial charge < -0.3 is 10.5 Å². The maximum atomic E-state index is 5.74. The lowest BCUT2D eigenvalue weighted by molar-refractivity contribution is 0.202. The van der Waals surface area contributed by atoms with E-state index < -0.39 is 0 Å². The van der Waals surface area contributed by atoms with Crippen LogP contribution in [0.3, 0.4) is 0 Å². The number of anilines is 1. The van der Waals surface area contributed by atoms with Gasteiger partial charge in [-0.15, -0.1) is 11.3 Å². The Balaban J connectivity index is 2.20.